The Morgan fingerprint density at radius 3 is 2.89 bits per heavy atom. The first-order chi connectivity index (χ1) is 8.65. The number of nitrogens with zero attached hydrogens (tertiary/aromatic N) is 3. The molecule has 0 unspecified atom stereocenters. The van der Waals surface area contributed by atoms with E-state index in [1.165, 1.54) is 25.5 Å². The molecular formula is C11H16N4O3. The van der Waals surface area contributed by atoms with Gasteiger partial charge in [0.25, 0.3) is 5.91 Å². The van der Waals surface area contributed by atoms with Gasteiger partial charge in [0, 0.05) is 6.54 Å². The fraction of sp³-hybridized carbons (Fsp3) is 0.636. The Morgan fingerprint density at radius 1 is 1.50 bits per heavy atom. The molecule has 0 atom stereocenters. The van der Waals surface area contributed by atoms with E-state index in [1.807, 2.05) is 0 Å². The van der Waals surface area contributed by atoms with Crippen molar-refractivity contribution in [2.75, 3.05) is 6.54 Å². The van der Waals surface area contributed by atoms with Crippen LogP contribution in [0.2, 0.25) is 0 Å². The number of aliphatic carboxylic acids is 1. The highest BCUT2D eigenvalue weighted by Crippen LogP contribution is 2.28. The number of carbonyl (C=O) groups is 2. The van der Waals surface area contributed by atoms with Gasteiger partial charge in [0.2, 0.25) is 0 Å². The molecule has 1 aliphatic carbocycles. The summed E-state index contributed by atoms with van der Waals surface area (Å²) in [6.45, 7) is 0.345. The van der Waals surface area contributed by atoms with E-state index in [0.29, 0.717) is 6.54 Å². The molecule has 0 aliphatic heterocycles. The van der Waals surface area contributed by atoms with Gasteiger partial charge in [-0.05, 0) is 12.3 Å². The monoisotopic (exact) mass is 252 g/mol. The Kier molecular flexibility index (Phi) is 3.91. The first kappa shape index (κ1) is 12.5. The predicted molar refractivity (Wildman–Crippen MR) is 61.9 cm³/mol. The third-order valence-corrected chi connectivity index (χ3v) is 3.13. The summed E-state index contributed by atoms with van der Waals surface area (Å²) in [5.41, 5.74) is 0.157. The van der Waals surface area contributed by atoms with Gasteiger partial charge in [-0.3, -0.25) is 9.59 Å². The third kappa shape index (κ3) is 3.28. The first-order valence-electron chi connectivity index (χ1n) is 6.05. The molecule has 0 bridgehead atoms. The van der Waals surface area contributed by atoms with Crippen molar-refractivity contribution in [3.05, 3.63) is 11.9 Å². The molecule has 1 amide bonds. The number of aromatic nitrogens is 3. The van der Waals surface area contributed by atoms with Gasteiger partial charge < -0.3 is 10.4 Å². The molecule has 2 rings (SSSR count). The fourth-order valence-corrected chi connectivity index (χ4v) is 1.88. The number of hydrogen-bond acceptors (Lipinski definition) is 4. The highest BCUT2D eigenvalue weighted by molar-refractivity contribution is 5.91. The summed E-state index contributed by atoms with van der Waals surface area (Å²) in [5, 5.41) is 18.5. The van der Waals surface area contributed by atoms with Gasteiger partial charge in [0.15, 0.2) is 5.69 Å². The first-order valence-corrected chi connectivity index (χ1v) is 6.05. The Morgan fingerprint density at radius 2 is 2.28 bits per heavy atom. The normalized spacial score (nSPS) is 15.1. The Balaban J connectivity index is 1.76. The number of carboxylic acids is 1. The Labute approximate surface area is 104 Å². The summed E-state index contributed by atoms with van der Waals surface area (Å²) < 4.78 is 1.13. The third-order valence-electron chi connectivity index (χ3n) is 3.13. The van der Waals surface area contributed by atoms with Crippen LogP contribution in [-0.2, 0) is 11.3 Å². The zero-order valence-corrected chi connectivity index (χ0v) is 10.0. The van der Waals surface area contributed by atoms with Gasteiger partial charge in [-0.2, -0.15) is 0 Å². The second kappa shape index (κ2) is 5.61. The lowest BCUT2D eigenvalue weighted by molar-refractivity contribution is -0.137. The van der Waals surface area contributed by atoms with Crippen molar-refractivity contribution in [1.29, 1.82) is 0 Å². The molecule has 1 saturated carbocycles. The number of rotatable bonds is 6. The van der Waals surface area contributed by atoms with Crippen molar-refractivity contribution in [2.24, 2.45) is 5.92 Å². The van der Waals surface area contributed by atoms with E-state index in [9.17, 15) is 9.59 Å². The van der Waals surface area contributed by atoms with Gasteiger partial charge in [0.05, 0.1) is 6.20 Å². The maximum absolute atomic E-state index is 11.7. The van der Waals surface area contributed by atoms with Crippen molar-refractivity contribution < 1.29 is 14.7 Å². The topological polar surface area (TPSA) is 97.1 Å². The zero-order chi connectivity index (χ0) is 13.0. The molecule has 1 aromatic heterocycles. The molecule has 18 heavy (non-hydrogen) atoms. The van der Waals surface area contributed by atoms with E-state index in [-0.39, 0.29) is 18.1 Å². The standard InChI is InChI=1S/C11H16N4O3/c16-10(17)7-15-6-9(13-14-15)11(18)12-5-4-8-2-1-3-8/h6,8H,1-5,7H2,(H,12,18)(H,16,17). The van der Waals surface area contributed by atoms with Crippen LogP contribution in [0.1, 0.15) is 36.2 Å². The van der Waals surface area contributed by atoms with Crippen molar-refractivity contribution in [1.82, 2.24) is 20.3 Å². The molecule has 0 saturated heterocycles. The number of nitrogens with one attached hydrogen (secondary N) is 1. The maximum atomic E-state index is 11.7. The van der Waals surface area contributed by atoms with Crippen LogP contribution in [-0.4, -0.2) is 38.5 Å². The van der Waals surface area contributed by atoms with Crippen LogP contribution in [0.15, 0.2) is 6.20 Å². The second-order valence-corrected chi connectivity index (χ2v) is 4.54. The number of hydrogen-bond donors (Lipinski definition) is 2. The summed E-state index contributed by atoms with van der Waals surface area (Å²) in [4.78, 5) is 22.1. The summed E-state index contributed by atoms with van der Waals surface area (Å²) in [6.07, 6.45) is 6.14. The Bertz CT molecular complexity index is 439. The highest BCUT2D eigenvalue weighted by Gasteiger charge is 2.17. The van der Waals surface area contributed by atoms with Crippen LogP contribution in [0.4, 0.5) is 0 Å². The van der Waals surface area contributed by atoms with Gasteiger partial charge >= 0.3 is 5.97 Å². The van der Waals surface area contributed by atoms with Crippen molar-refractivity contribution >= 4 is 11.9 Å². The lowest BCUT2D eigenvalue weighted by atomic mass is 9.83. The summed E-state index contributed by atoms with van der Waals surface area (Å²) in [6, 6.07) is 0. The van der Waals surface area contributed by atoms with Crippen molar-refractivity contribution in [3.63, 3.8) is 0 Å². The minimum atomic E-state index is -1.02. The zero-order valence-electron chi connectivity index (χ0n) is 10.0. The molecule has 7 nitrogen and oxygen atoms in total. The van der Waals surface area contributed by atoms with Crippen LogP contribution in [0.25, 0.3) is 0 Å². The number of amides is 1. The SMILES string of the molecule is O=C(O)Cn1cc(C(=O)NCCC2CCC2)nn1. The average Bonchev–Trinajstić information content (AvgIpc) is 2.69. The predicted octanol–water partition coefficient (Wildman–Crippen LogP) is 0.283. The van der Waals surface area contributed by atoms with Gasteiger partial charge in [0.1, 0.15) is 6.54 Å². The molecule has 0 spiro atoms. The molecule has 1 aliphatic rings. The number of carbonyl (C=O) groups excluding carboxylic acids is 1. The van der Waals surface area contributed by atoms with Crippen LogP contribution < -0.4 is 5.32 Å². The minimum absolute atomic E-state index is 0.157. The summed E-state index contributed by atoms with van der Waals surface area (Å²) in [7, 11) is 0. The largest absolute Gasteiger partial charge is 0.480 e. The van der Waals surface area contributed by atoms with E-state index in [2.05, 4.69) is 15.6 Å². The van der Waals surface area contributed by atoms with Crippen LogP contribution in [0.5, 0.6) is 0 Å². The van der Waals surface area contributed by atoms with E-state index in [1.54, 1.807) is 0 Å². The lowest BCUT2D eigenvalue weighted by Crippen LogP contribution is -2.27. The maximum Gasteiger partial charge on any atom is 0.325 e. The van der Waals surface area contributed by atoms with Crippen molar-refractivity contribution in [3.8, 4) is 0 Å². The molecule has 1 fully saturated rings. The molecule has 98 valence electrons. The van der Waals surface area contributed by atoms with Crippen LogP contribution in [0, 0.1) is 5.92 Å². The van der Waals surface area contributed by atoms with E-state index in [4.69, 9.17) is 5.11 Å². The lowest BCUT2D eigenvalue weighted by Gasteiger charge is -2.24. The molecule has 2 N–H and O–H groups in total. The number of carboxylic acid groups (broad SMARTS) is 1. The molecule has 7 heteroatoms. The van der Waals surface area contributed by atoms with Crippen LogP contribution in [0.3, 0.4) is 0 Å². The fourth-order valence-electron chi connectivity index (χ4n) is 1.88. The molecular weight excluding hydrogens is 236 g/mol. The molecule has 1 aromatic rings. The van der Waals surface area contributed by atoms with Gasteiger partial charge in [-0.25, -0.2) is 4.68 Å². The highest BCUT2D eigenvalue weighted by atomic mass is 16.4. The van der Waals surface area contributed by atoms with E-state index in [0.717, 1.165) is 17.0 Å². The Hall–Kier alpha value is -1.92. The second-order valence-electron chi connectivity index (χ2n) is 4.54. The molecule has 1 heterocycles. The molecule has 0 aromatic carbocycles. The van der Waals surface area contributed by atoms with Gasteiger partial charge in [-0.1, -0.05) is 24.5 Å². The quantitative estimate of drug-likeness (QED) is 0.758. The smallest absolute Gasteiger partial charge is 0.325 e. The van der Waals surface area contributed by atoms with E-state index >= 15 is 0 Å². The van der Waals surface area contributed by atoms with Crippen LogP contribution >= 0.6 is 0 Å². The molecule has 0 radical (unpaired) electrons. The van der Waals surface area contributed by atoms with Gasteiger partial charge in [-0.15, -0.1) is 5.10 Å². The summed E-state index contributed by atoms with van der Waals surface area (Å²) >= 11 is 0. The van der Waals surface area contributed by atoms with E-state index < -0.39 is 5.97 Å². The summed E-state index contributed by atoms with van der Waals surface area (Å²) in [5.74, 6) is -0.573. The minimum Gasteiger partial charge on any atom is -0.480 e. The van der Waals surface area contributed by atoms with Crippen molar-refractivity contribution in [2.45, 2.75) is 32.2 Å². The average molecular weight is 252 g/mol.